The van der Waals surface area contributed by atoms with Gasteiger partial charge >= 0.3 is 0 Å². The Morgan fingerprint density at radius 1 is 1.44 bits per heavy atom. The fourth-order valence-electron chi connectivity index (χ4n) is 2.18. The van der Waals surface area contributed by atoms with Gasteiger partial charge in [-0.25, -0.2) is 4.68 Å². The van der Waals surface area contributed by atoms with Crippen LogP contribution in [-0.4, -0.2) is 34.2 Å². The number of nitrogens with one attached hydrogen (secondary N) is 1. The van der Waals surface area contributed by atoms with Gasteiger partial charge in [-0.2, -0.15) is 0 Å². The van der Waals surface area contributed by atoms with Crippen molar-refractivity contribution in [3.8, 4) is 0 Å². The van der Waals surface area contributed by atoms with Crippen LogP contribution < -0.4 is 5.32 Å². The van der Waals surface area contributed by atoms with Crippen molar-refractivity contribution in [2.75, 3.05) is 13.7 Å². The van der Waals surface area contributed by atoms with Gasteiger partial charge in [0, 0.05) is 13.7 Å². The highest BCUT2D eigenvalue weighted by atomic mass is 16.5. The number of hydrogen-bond donors (Lipinski definition) is 1. The maximum Gasteiger partial charge on any atom is 0.0857 e. The summed E-state index contributed by atoms with van der Waals surface area (Å²) in [5.74, 6) is 0. The lowest BCUT2D eigenvalue weighted by Crippen LogP contribution is -2.44. The van der Waals surface area contributed by atoms with E-state index in [1.54, 1.807) is 7.11 Å². The van der Waals surface area contributed by atoms with Crippen molar-refractivity contribution in [3.63, 3.8) is 0 Å². The normalized spacial score (nSPS) is 16.5. The lowest BCUT2D eigenvalue weighted by molar-refractivity contribution is -0.0318. The van der Waals surface area contributed by atoms with Crippen LogP contribution >= 0.6 is 0 Å². The van der Waals surface area contributed by atoms with E-state index < -0.39 is 0 Å². The molecule has 0 spiro atoms. The van der Waals surface area contributed by atoms with E-state index in [0.29, 0.717) is 0 Å². The van der Waals surface area contributed by atoms with E-state index >= 15 is 0 Å². The summed E-state index contributed by atoms with van der Waals surface area (Å²) in [6.07, 6.45) is 3.82. The van der Waals surface area contributed by atoms with E-state index in [1.807, 2.05) is 10.9 Å². The van der Waals surface area contributed by atoms with Crippen LogP contribution in [0.25, 0.3) is 0 Å². The summed E-state index contributed by atoms with van der Waals surface area (Å²) >= 11 is 0. The summed E-state index contributed by atoms with van der Waals surface area (Å²) in [5.41, 5.74) is 0.855. The summed E-state index contributed by atoms with van der Waals surface area (Å²) in [6.45, 7) is 10.3. The predicted octanol–water partition coefficient (Wildman–Crippen LogP) is 2.15. The van der Waals surface area contributed by atoms with Crippen LogP contribution in [0.4, 0.5) is 0 Å². The molecular weight excluding hydrogens is 228 g/mol. The third kappa shape index (κ3) is 3.09. The highest BCUT2D eigenvalue weighted by Crippen LogP contribution is 2.31. The molecule has 1 heterocycles. The number of aryl methyl sites for hydroxylation is 1. The zero-order valence-electron chi connectivity index (χ0n) is 12.2. The molecule has 2 atom stereocenters. The van der Waals surface area contributed by atoms with E-state index in [4.69, 9.17) is 4.74 Å². The molecule has 0 saturated carbocycles. The molecule has 2 unspecified atom stereocenters. The Hall–Kier alpha value is -0.940. The van der Waals surface area contributed by atoms with E-state index in [1.165, 1.54) is 0 Å². The van der Waals surface area contributed by atoms with Crippen LogP contribution in [0.2, 0.25) is 0 Å². The van der Waals surface area contributed by atoms with Gasteiger partial charge in [0.2, 0.25) is 0 Å². The molecule has 0 saturated heterocycles. The zero-order valence-corrected chi connectivity index (χ0v) is 12.2. The first-order chi connectivity index (χ1) is 8.62. The average Bonchev–Trinajstić information content (AvgIpc) is 2.83. The monoisotopic (exact) mass is 254 g/mol. The first kappa shape index (κ1) is 15.1. The van der Waals surface area contributed by atoms with Crippen molar-refractivity contribution in [2.45, 2.75) is 58.7 Å². The first-order valence-corrected chi connectivity index (χ1v) is 6.79. The molecule has 1 aromatic heterocycles. The van der Waals surface area contributed by atoms with Crippen molar-refractivity contribution in [1.82, 2.24) is 20.3 Å². The minimum Gasteiger partial charge on any atom is -0.376 e. The second-order valence-electron chi connectivity index (χ2n) is 4.74. The fourth-order valence-corrected chi connectivity index (χ4v) is 2.18. The summed E-state index contributed by atoms with van der Waals surface area (Å²) in [6, 6.07) is 0.110. The minimum atomic E-state index is -0.247. The summed E-state index contributed by atoms with van der Waals surface area (Å²) in [7, 11) is 1.77. The second kappa shape index (κ2) is 6.85. The van der Waals surface area contributed by atoms with Crippen molar-refractivity contribution >= 4 is 0 Å². The van der Waals surface area contributed by atoms with Gasteiger partial charge in [0.15, 0.2) is 0 Å². The van der Waals surface area contributed by atoms with Crippen LogP contribution in [0.3, 0.4) is 0 Å². The van der Waals surface area contributed by atoms with Crippen LogP contribution in [0.15, 0.2) is 6.20 Å². The van der Waals surface area contributed by atoms with E-state index in [-0.39, 0.29) is 11.6 Å². The quantitative estimate of drug-likeness (QED) is 0.772. The standard InChI is InChI=1S/C13H26N4O/c1-6-9-17-11(10-15-16-17)12(14-8-3)13(4,7-2)18-5/h10,12,14H,6-9H2,1-5H3. The maximum absolute atomic E-state index is 5.73. The van der Waals surface area contributed by atoms with Gasteiger partial charge in [-0.3, -0.25) is 0 Å². The Kier molecular flexibility index (Phi) is 5.75. The number of nitrogens with zero attached hydrogens (tertiary/aromatic N) is 3. The van der Waals surface area contributed by atoms with Crippen molar-refractivity contribution < 1.29 is 4.74 Å². The van der Waals surface area contributed by atoms with E-state index in [9.17, 15) is 0 Å². The topological polar surface area (TPSA) is 52.0 Å². The Labute approximate surface area is 110 Å². The van der Waals surface area contributed by atoms with E-state index in [0.717, 1.165) is 31.6 Å². The van der Waals surface area contributed by atoms with Gasteiger partial charge in [-0.1, -0.05) is 26.0 Å². The molecule has 104 valence electrons. The number of ether oxygens (including phenoxy) is 1. The summed E-state index contributed by atoms with van der Waals surface area (Å²) in [5, 5.41) is 11.7. The maximum atomic E-state index is 5.73. The SMILES string of the molecule is CCCn1nncc1C(NCC)C(C)(CC)OC. The summed E-state index contributed by atoms with van der Waals surface area (Å²) in [4.78, 5) is 0. The molecule has 1 N–H and O–H groups in total. The smallest absolute Gasteiger partial charge is 0.0857 e. The Bertz CT molecular complexity index is 347. The van der Waals surface area contributed by atoms with Crippen molar-refractivity contribution in [2.24, 2.45) is 0 Å². The second-order valence-corrected chi connectivity index (χ2v) is 4.74. The van der Waals surface area contributed by atoms with Gasteiger partial charge in [0.05, 0.1) is 23.5 Å². The number of aromatic nitrogens is 3. The molecule has 0 aliphatic carbocycles. The first-order valence-electron chi connectivity index (χ1n) is 6.79. The van der Waals surface area contributed by atoms with Gasteiger partial charge in [0.25, 0.3) is 0 Å². The third-order valence-electron chi connectivity index (χ3n) is 3.57. The third-order valence-corrected chi connectivity index (χ3v) is 3.57. The van der Waals surface area contributed by atoms with Gasteiger partial charge in [-0.05, 0) is 26.3 Å². The molecule has 0 fully saturated rings. The molecule has 0 bridgehead atoms. The molecule has 1 aromatic rings. The Morgan fingerprint density at radius 2 is 2.17 bits per heavy atom. The van der Waals surface area contributed by atoms with Gasteiger partial charge in [0.1, 0.15) is 0 Å². The minimum absolute atomic E-state index is 0.110. The lowest BCUT2D eigenvalue weighted by atomic mass is 9.90. The largest absolute Gasteiger partial charge is 0.376 e. The van der Waals surface area contributed by atoms with Crippen LogP contribution in [0.5, 0.6) is 0 Å². The number of methoxy groups -OCH3 is 1. The fraction of sp³-hybridized carbons (Fsp3) is 0.846. The highest BCUT2D eigenvalue weighted by Gasteiger charge is 2.35. The molecule has 0 aliphatic rings. The number of hydrogen-bond acceptors (Lipinski definition) is 4. The molecular formula is C13H26N4O. The Morgan fingerprint density at radius 3 is 2.67 bits per heavy atom. The average molecular weight is 254 g/mol. The number of rotatable bonds is 8. The number of likely N-dealkylation sites (N-methyl/N-ethyl adjacent to an activating group) is 1. The summed E-state index contributed by atoms with van der Waals surface area (Å²) < 4.78 is 7.70. The molecule has 5 heteroatoms. The zero-order chi connectivity index (χ0) is 13.6. The predicted molar refractivity (Wildman–Crippen MR) is 72.4 cm³/mol. The molecule has 5 nitrogen and oxygen atoms in total. The highest BCUT2D eigenvalue weighted by molar-refractivity contribution is 5.09. The van der Waals surface area contributed by atoms with Crippen LogP contribution in [-0.2, 0) is 11.3 Å². The molecule has 0 aromatic carbocycles. The van der Waals surface area contributed by atoms with Gasteiger partial charge in [-0.15, -0.1) is 5.10 Å². The molecule has 1 rings (SSSR count). The van der Waals surface area contributed by atoms with Crippen molar-refractivity contribution in [1.29, 1.82) is 0 Å². The van der Waals surface area contributed by atoms with Gasteiger partial charge < -0.3 is 10.1 Å². The lowest BCUT2D eigenvalue weighted by Gasteiger charge is -2.36. The Balaban J connectivity index is 3.06. The molecule has 0 radical (unpaired) electrons. The van der Waals surface area contributed by atoms with Crippen LogP contribution in [0, 0.1) is 0 Å². The van der Waals surface area contributed by atoms with E-state index in [2.05, 4.69) is 43.3 Å². The molecule has 18 heavy (non-hydrogen) atoms. The van der Waals surface area contributed by atoms with Crippen LogP contribution in [0.1, 0.15) is 52.3 Å². The molecule has 0 amide bonds. The van der Waals surface area contributed by atoms with Crippen molar-refractivity contribution in [3.05, 3.63) is 11.9 Å². The molecule has 0 aliphatic heterocycles.